The summed E-state index contributed by atoms with van der Waals surface area (Å²) in [5, 5.41) is 25.5. The summed E-state index contributed by atoms with van der Waals surface area (Å²) in [5.41, 5.74) is 4.53. The van der Waals surface area contributed by atoms with Gasteiger partial charge < -0.3 is 55.6 Å². The zero-order chi connectivity index (χ0) is 67.0. The SMILES string of the molecule is C=CC(=O)OCCCCOC(=O)CCc1nc(-c2cccc(-c3nc(-c4cc(-c5noc(-c6cccc(-c7noc(CCC(=O)OCCCCOC(=O)C=C)n7)c6)n5)cc(-c5noc(-c6cccc(-c7noc(CCC(=O)OCCCCOC(=O)C=C)n7)c6)n5)c4)no3)c2)no1. The number of rotatable bonds is 36. The molecule has 6 heterocycles. The van der Waals surface area contributed by atoms with Gasteiger partial charge in [0, 0.05) is 87.6 Å². The molecule has 0 N–H and O–H groups in total. The van der Waals surface area contributed by atoms with E-state index in [4.69, 9.17) is 70.5 Å². The molecule has 0 fully saturated rings. The van der Waals surface area contributed by atoms with Crippen LogP contribution in [0, 0.1) is 0 Å². The van der Waals surface area contributed by atoms with Crippen molar-refractivity contribution in [1.29, 1.82) is 0 Å². The number of nitrogens with zero attached hydrogens (tertiary/aromatic N) is 12. The molecule has 6 aromatic heterocycles. The molecule has 30 heteroatoms. The van der Waals surface area contributed by atoms with Crippen molar-refractivity contribution in [3.8, 4) is 103 Å². The highest BCUT2D eigenvalue weighted by Gasteiger charge is 2.23. The van der Waals surface area contributed by atoms with Crippen molar-refractivity contribution >= 4 is 35.8 Å². The molecule has 10 aromatic rings. The van der Waals surface area contributed by atoms with Crippen LogP contribution in [0.15, 0.2) is 156 Å². The molecule has 0 aliphatic rings. The first-order chi connectivity index (χ1) is 46.9. The Morgan fingerprint density at radius 2 is 0.552 bits per heavy atom. The fraction of sp³-hybridized carbons (Fsp3) is 0.273. The lowest BCUT2D eigenvalue weighted by Gasteiger charge is -2.04. The van der Waals surface area contributed by atoms with Crippen molar-refractivity contribution < 1.29 is 84.3 Å². The molecule has 0 bridgehead atoms. The van der Waals surface area contributed by atoms with E-state index in [0.717, 1.165) is 18.2 Å². The van der Waals surface area contributed by atoms with E-state index in [1.54, 1.807) is 91.0 Å². The number of esters is 6. The van der Waals surface area contributed by atoms with Crippen molar-refractivity contribution in [2.75, 3.05) is 39.6 Å². The summed E-state index contributed by atoms with van der Waals surface area (Å²) in [6.45, 7) is 11.1. The van der Waals surface area contributed by atoms with Gasteiger partial charge in [0.1, 0.15) is 0 Å². The maximum absolute atomic E-state index is 12.4. The van der Waals surface area contributed by atoms with Gasteiger partial charge >= 0.3 is 35.8 Å². The Morgan fingerprint density at radius 1 is 0.312 bits per heavy atom. The second-order valence-electron chi connectivity index (χ2n) is 20.7. The first-order valence-electron chi connectivity index (χ1n) is 30.2. The van der Waals surface area contributed by atoms with E-state index in [9.17, 15) is 28.8 Å². The molecule has 0 saturated carbocycles. The molecule has 492 valence electrons. The van der Waals surface area contributed by atoms with E-state index in [0.29, 0.717) is 88.6 Å². The van der Waals surface area contributed by atoms with E-state index in [2.05, 4.69) is 65.6 Å². The van der Waals surface area contributed by atoms with Crippen molar-refractivity contribution in [1.82, 2.24) is 60.8 Å². The van der Waals surface area contributed by atoms with Crippen molar-refractivity contribution in [3.63, 3.8) is 0 Å². The smallest absolute Gasteiger partial charge is 0.330 e. The summed E-state index contributed by atoms with van der Waals surface area (Å²) >= 11 is 0. The second-order valence-corrected chi connectivity index (χ2v) is 20.7. The molecular formula is C66H60N12O18. The predicted octanol–water partition coefficient (Wildman–Crippen LogP) is 9.94. The Kier molecular flexibility index (Phi) is 23.2. The summed E-state index contributed by atoms with van der Waals surface area (Å²) < 4.78 is 64.6. The Morgan fingerprint density at radius 3 is 0.833 bits per heavy atom. The third-order valence-electron chi connectivity index (χ3n) is 13.8. The fourth-order valence-corrected chi connectivity index (χ4v) is 8.89. The maximum atomic E-state index is 12.4. The fourth-order valence-electron chi connectivity index (χ4n) is 8.89. The van der Waals surface area contributed by atoms with Gasteiger partial charge in [0.2, 0.25) is 52.6 Å². The number of aryl methyl sites for hydroxylation is 3. The molecular weight excluding hydrogens is 1250 g/mol. The van der Waals surface area contributed by atoms with Crippen molar-refractivity contribution in [3.05, 3.63) is 147 Å². The summed E-state index contributed by atoms with van der Waals surface area (Å²) in [4.78, 5) is 98.7. The average Bonchev–Trinajstić information content (AvgIpc) is 1.64. The normalized spacial score (nSPS) is 11.0. The van der Waals surface area contributed by atoms with Crippen LogP contribution in [0.5, 0.6) is 0 Å². The Hall–Kier alpha value is -12.2. The molecule has 96 heavy (non-hydrogen) atoms. The van der Waals surface area contributed by atoms with Gasteiger partial charge in [-0.25, -0.2) is 14.4 Å². The van der Waals surface area contributed by atoms with Gasteiger partial charge in [0.15, 0.2) is 0 Å². The predicted molar refractivity (Wildman–Crippen MR) is 332 cm³/mol. The molecule has 0 aliphatic heterocycles. The highest BCUT2D eigenvalue weighted by molar-refractivity contribution is 5.82. The van der Waals surface area contributed by atoms with Gasteiger partial charge in [0.25, 0.3) is 17.7 Å². The lowest BCUT2D eigenvalue weighted by molar-refractivity contribution is -0.145. The minimum Gasteiger partial charge on any atom is -0.466 e. The molecule has 0 spiro atoms. The van der Waals surface area contributed by atoms with Crippen LogP contribution < -0.4 is 0 Å². The quantitative estimate of drug-likeness (QED) is 0.0152. The highest BCUT2D eigenvalue weighted by Crippen LogP contribution is 2.35. The van der Waals surface area contributed by atoms with Gasteiger partial charge in [-0.2, -0.15) is 29.9 Å². The van der Waals surface area contributed by atoms with Crippen LogP contribution in [0.25, 0.3) is 103 Å². The lowest BCUT2D eigenvalue weighted by Crippen LogP contribution is -2.08. The molecule has 0 unspecified atom stereocenters. The number of benzene rings is 4. The molecule has 4 aromatic carbocycles. The number of hydrogen-bond acceptors (Lipinski definition) is 30. The molecule has 0 amide bonds. The zero-order valence-electron chi connectivity index (χ0n) is 51.5. The molecule has 10 rings (SSSR count). The Labute approximate surface area is 545 Å². The summed E-state index contributed by atoms with van der Waals surface area (Å²) in [5.74, 6) is -0.577. The van der Waals surface area contributed by atoms with E-state index < -0.39 is 35.8 Å². The van der Waals surface area contributed by atoms with Gasteiger partial charge in [-0.15, -0.1) is 0 Å². The van der Waals surface area contributed by atoms with Gasteiger partial charge in [-0.3, -0.25) is 14.4 Å². The first-order valence-corrected chi connectivity index (χ1v) is 30.2. The van der Waals surface area contributed by atoms with Crippen LogP contribution >= 0.6 is 0 Å². The zero-order valence-corrected chi connectivity index (χ0v) is 51.5. The van der Waals surface area contributed by atoms with Gasteiger partial charge in [-0.05, 0) is 93.1 Å². The van der Waals surface area contributed by atoms with Crippen LogP contribution in [0.4, 0.5) is 0 Å². The number of carbonyl (C=O) groups is 6. The number of unbranched alkanes of at least 4 members (excludes halogenated alkanes) is 3. The van der Waals surface area contributed by atoms with Crippen LogP contribution in [-0.4, -0.2) is 136 Å². The standard InChI is InChI=1S/C66H60N12O18/c1-4-52(79)85-28-7-10-31-88-55(82)25-22-49-67-58(73-91-49)40-16-13-19-43(34-40)64-70-61(76-94-64)46-37-47(62-71-65(95-77-62)44-20-14-17-41(35-44)59-68-50(92-74-59)23-26-56(83)89-32-11-8-29-86-53(80)5-2)39-48(38-46)63-72-66(96-78-63)45-21-15-18-42(36-45)60-69-51(93-75-60)24-27-57(84)90-33-12-9-30-87-54(81)6-3/h4-6,13-21,34-39H,1-3,7-12,22-33H2. The number of hydrogen-bond donors (Lipinski definition) is 0. The van der Waals surface area contributed by atoms with Crippen LogP contribution in [0.1, 0.15) is 75.5 Å². The minimum atomic E-state index is -0.515. The topological polar surface area (TPSA) is 391 Å². The lowest BCUT2D eigenvalue weighted by atomic mass is 10.0. The summed E-state index contributed by atoms with van der Waals surface area (Å²) in [7, 11) is 0. The molecule has 0 atom stereocenters. The molecule has 0 aliphatic carbocycles. The minimum absolute atomic E-state index is 0.000366. The number of ether oxygens (including phenoxy) is 6. The Bertz CT molecular complexity index is 3920. The Balaban J connectivity index is 0.840. The van der Waals surface area contributed by atoms with Crippen molar-refractivity contribution in [2.24, 2.45) is 0 Å². The van der Waals surface area contributed by atoms with Gasteiger partial charge in [-0.1, -0.05) is 87.1 Å². The van der Waals surface area contributed by atoms with E-state index in [1.807, 2.05) is 0 Å². The summed E-state index contributed by atoms with van der Waals surface area (Å²) in [6, 6.07) is 26.3. The summed E-state index contributed by atoms with van der Waals surface area (Å²) in [6.07, 6.45) is 6.76. The molecule has 0 radical (unpaired) electrons. The van der Waals surface area contributed by atoms with E-state index in [1.165, 1.54) is 0 Å². The third kappa shape index (κ3) is 18.9. The second kappa shape index (κ2) is 33.4. The number of aromatic nitrogens is 12. The van der Waals surface area contributed by atoms with Gasteiger partial charge in [0.05, 0.1) is 58.9 Å². The van der Waals surface area contributed by atoms with Crippen LogP contribution in [0.3, 0.4) is 0 Å². The third-order valence-corrected chi connectivity index (χ3v) is 13.8. The highest BCUT2D eigenvalue weighted by atomic mass is 16.6. The first kappa shape index (κ1) is 66.7. The monoisotopic (exact) mass is 1310 g/mol. The average molecular weight is 1310 g/mol. The van der Waals surface area contributed by atoms with Crippen LogP contribution in [0.2, 0.25) is 0 Å². The number of carbonyl (C=O) groups excluding carboxylic acids is 6. The van der Waals surface area contributed by atoms with Crippen molar-refractivity contribution in [2.45, 2.75) is 77.0 Å². The van der Waals surface area contributed by atoms with E-state index in [-0.39, 0.29) is 148 Å². The molecule has 0 saturated heterocycles. The molecule has 30 nitrogen and oxygen atoms in total. The maximum Gasteiger partial charge on any atom is 0.330 e. The van der Waals surface area contributed by atoms with E-state index >= 15 is 0 Å². The largest absolute Gasteiger partial charge is 0.466 e. The van der Waals surface area contributed by atoms with Crippen LogP contribution in [-0.2, 0) is 76.5 Å².